The summed E-state index contributed by atoms with van der Waals surface area (Å²) in [6.45, 7) is 8.00. The number of carbonyl (C=O) groups is 2. The normalized spacial score (nSPS) is 12.6. The molecule has 0 aliphatic heterocycles. The Morgan fingerprint density at radius 3 is 2.48 bits per heavy atom. The Morgan fingerprint density at radius 2 is 2.05 bits per heavy atom. The van der Waals surface area contributed by atoms with Gasteiger partial charge in [-0.2, -0.15) is 0 Å². The first-order valence-electron chi connectivity index (χ1n) is 6.94. The largest absolute Gasteiger partial charge is 0.480 e. The SMILES string of the molecule is CCN(Cc1ccccn1)C(=O)N[C@@H](C(=O)O)C(C)(C)C. The van der Waals surface area contributed by atoms with Gasteiger partial charge in [0.05, 0.1) is 12.2 Å². The van der Waals surface area contributed by atoms with Crippen LogP contribution in [0.1, 0.15) is 33.4 Å². The summed E-state index contributed by atoms with van der Waals surface area (Å²) in [6, 6.07) is 4.14. The van der Waals surface area contributed by atoms with Crippen LogP contribution in [0.2, 0.25) is 0 Å². The molecule has 1 heterocycles. The molecule has 1 aromatic rings. The number of nitrogens with one attached hydrogen (secondary N) is 1. The van der Waals surface area contributed by atoms with Crippen LogP contribution < -0.4 is 5.32 Å². The Bertz CT molecular complexity index is 483. The third kappa shape index (κ3) is 5.06. The molecule has 2 amide bonds. The van der Waals surface area contributed by atoms with Crippen LogP contribution in [0.15, 0.2) is 24.4 Å². The van der Waals surface area contributed by atoms with Gasteiger partial charge in [0.25, 0.3) is 0 Å². The zero-order valence-corrected chi connectivity index (χ0v) is 13.0. The zero-order valence-electron chi connectivity index (χ0n) is 13.0. The summed E-state index contributed by atoms with van der Waals surface area (Å²) in [5, 5.41) is 11.8. The Labute approximate surface area is 125 Å². The molecule has 6 heteroatoms. The Balaban J connectivity index is 2.77. The monoisotopic (exact) mass is 293 g/mol. The highest BCUT2D eigenvalue weighted by Crippen LogP contribution is 2.19. The minimum absolute atomic E-state index is 0.347. The minimum Gasteiger partial charge on any atom is -0.480 e. The number of carboxylic acid groups (broad SMARTS) is 1. The lowest BCUT2D eigenvalue weighted by Crippen LogP contribution is -2.53. The highest BCUT2D eigenvalue weighted by atomic mass is 16.4. The van der Waals surface area contributed by atoms with Gasteiger partial charge in [0.2, 0.25) is 0 Å². The predicted octanol–water partition coefficient (Wildman–Crippen LogP) is 2.11. The number of hydrogen-bond donors (Lipinski definition) is 2. The van der Waals surface area contributed by atoms with Crippen molar-refractivity contribution in [2.45, 2.75) is 40.3 Å². The smallest absolute Gasteiger partial charge is 0.326 e. The molecular formula is C15H23N3O3. The van der Waals surface area contributed by atoms with E-state index in [-0.39, 0.29) is 0 Å². The number of carboxylic acids is 1. The molecule has 1 aromatic heterocycles. The fourth-order valence-corrected chi connectivity index (χ4v) is 1.88. The van der Waals surface area contributed by atoms with E-state index < -0.39 is 23.5 Å². The molecule has 0 saturated heterocycles. The van der Waals surface area contributed by atoms with E-state index >= 15 is 0 Å². The van der Waals surface area contributed by atoms with Crippen molar-refractivity contribution in [3.63, 3.8) is 0 Å². The molecular weight excluding hydrogens is 270 g/mol. The summed E-state index contributed by atoms with van der Waals surface area (Å²) in [5.41, 5.74) is 0.198. The first-order valence-corrected chi connectivity index (χ1v) is 6.94. The zero-order chi connectivity index (χ0) is 16.0. The van der Waals surface area contributed by atoms with Crippen LogP contribution in [-0.4, -0.2) is 39.6 Å². The molecule has 2 N–H and O–H groups in total. The number of aromatic nitrogens is 1. The van der Waals surface area contributed by atoms with Crippen molar-refractivity contribution in [1.82, 2.24) is 15.2 Å². The maximum Gasteiger partial charge on any atom is 0.326 e. The van der Waals surface area contributed by atoms with Gasteiger partial charge in [-0.1, -0.05) is 26.8 Å². The second-order valence-electron chi connectivity index (χ2n) is 5.92. The summed E-state index contributed by atoms with van der Waals surface area (Å²) in [4.78, 5) is 29.3. The van der Waals surface area contributed by atoms with Gasteiger partial charge in [0, 0.05) is 12.7 Å². The van der Waals surface area contributed by atoms with Crippen LogP contribution >= 0.6 is 0 Å². The van der Waals surface area contributed by atoms with Crippen LogP contribution in [-0.2, 0) is 11.3 Å². The molecule has 1 atom stereocenters. The van der Waals surface area contributed by atoms with Crippen LogP contribution in [0.25, 0.3) is 0 Å². The standard InChI is InChI=1S/C15H23N3O3/c1-5-18(10-11-8-6-7-9-16-11)14(21)17-12(13(19)20)15(2,3)4/h6-9,12H,5,10H2,1-4H3,(H,17,21)(H,19,20)/t12-/m0/s1. The Kier molecular flexibility index (Phi) is 5.69. The quantitative estimate of drug-likeness (QED) is 0.871. The number of rotatable bonds is 5. The fourth-order valence-electron chi connectivity index (χ4n) is 1.88. The molecule has 0 saturated carbocycles. The maximum atomic E-state index is 12.3. The number of nitrogens with zero attached hydrogens (tertiary/aromatic N) is 2. The molecule has 0 aromatic carbocycles. The number of urea groups is 1. The van der Waals surface area contributed by atoms with E-state index in [9.17, 15) is 14.7 Å². The van der Waals surface area contributed by atoms with E-state index in [1.54, 1.807) is 33.0 Å². The third-order valence-electron chi connectivity index (χ3n) is 3.13. The summed E-state index contributed by atoms with van der Waals surface area (Å²) in [6.07, 6.45) is 1.66. The maximum absolute atomic E-state index is 12.3. The molecule has 0 aliphatic rings. The first-order chi connectivity index (χ1) is 9.75. The summed E-state index contributed by atoms with van der Waals surface area (Å²) < 4.78 is 0. The highest BCUT2D eigenvalue weighted by molar-refractivity contribution is 5.83. The number of carbonyl (C=O) groups excluding carboxylic acids is 1. The van der Waals surface area contributed by atoms with Crippen LogP contribution in [0, 0.1) is 5.41 Å². The van der Waals surface area contributed by atoms with E-state index in [1.165, 1.54) is 4.90 Å². The molecule has 6 nitrogen and oxygen atoms in total. The van der Waals surface area contributed by atoms with Gasteiger partial charge in [-0.05, 0) is 24.5 Å². The summed E-state index contributed by atoms with van der Waals surface area (Å²) in [5.74, 6) is -1.04. The lowest BCUT2D eigenvalue weighted by molar-refractivity contribution is -0.142. The lowest BCUT2D eigenvalue weighted by atomic mass is 9.87. The molecule has 0 unspecified atom stereocenters. The van der Waals surface area contributed by atoms with Gasteiger partial charge in [0.1, 0.15) is 6.04 Å². The second kappa shape index (κ2) is 7.06. The third-order valence-corrected chi connectivity index (χ3v) is 3.13. The van der Waals surface area contributed by atoms with Crippen molar-refractivity contribution in [2.24, 2.45) is 5.41 Å². The van der Waals surface area contributed by atoms with Gasteiger partial charge >= 0.3 is 12.0 Å². The van der Waals surface area contributed by atoms with Crippen LogP contribution in [0.5, 0.6) is 0 Å². The molecule has 21 heavy (non-hydrogen) atoms. The number of amides is 2. The van der Waals surface area contributed by atoms with E-state index in [1.807, 2.05) is 19.1 Å². The van der Waals surface area contributed by atoms with Crippen molar-refractivity contribution < 1.29 is 14.7 Å². The highest BCUT2D eigenvalue weighted by Gasteiger charge is 2.33. The van der Waals surface area contributed by atoms with Crippen molar-refractivity contribution in [1.29, 1.82) is 0 Å². The van der Waals surface area contributed by atoms with Crippen molar-refractivity contribution in [2.75, 3.05) is 6.54 Å². The summed E-state index contributed by atoms with van der Waals surface area (Å²) >= 11 is 0. The Morgan fingerprint density at radius 1 is 1.38 bits per heavy atom. The van der Waals surface area contributed by atoms with Gasteiger partial charge < -0.3 is 15.3 Å². The topological polar surface area (TPSA) is 82.5 Å². The van der Waals surface area contributed by atoms with Gasteiger partial charge in [-0.3, -0.25) is 4.98 Å². The average Bonchev–Trinajstić information content (AvgIpc) is 2.41. The van der Waals surface area contributed by atoms with Gasteiger partial charge in [-0.25, -0.2) is 9.59 Å². The molecule has 0 fully saturated rings. The molecule has 0 bridgehead atoms. The van der Waals surface area contributed by atoms with Crippen LogP contribution in [0.4, 0.5) is 4.79 Å². The van der Waals surface area contributed by atoms with Crippen LogP contribution in [0.3, 0.4) is 0 Å². The fraction of sp³-hybridized carbons (Fsp3) is 0.533. The number of hydrogen-bond acceptors (Lipinski definition) is 3. The summed E-state index contributed by atoms with van der Waals surface area (Å²) in [7, 11) is 0. The lowest BCUT2D eigenvalue weighted by Gasteiger charge is -2.30. The van der Waals surface area contributed by atoms with E-state index in [2.05, 4.69) is 10.3 Å². The molecule has 1 rings (SSSR count). The molecule has 116 valence electrons. The van der Waals surface area contributed by atoms with Gasteiger partial charge in [-0.15, -0.1) is 0 Å². The molecule has 0 radical (unpaired) electrons. The molecule has 0 aliphatic carbocycles. The second-order valence-corrected chi connectivity index (χ2v) is 5.92. The Hall–Kier alpha value is -2.11. The molecule has 0 spiro atoms. The first kappa shape index (κ1) is 16.9. The van der Waals surface area contributed by atoms with E-state index in [4.69, 9.17) is 0 Å². The van der Waals surface area contributed by atoms with Crippen molar-refractivity contribution >= 4 is 12.0 Å². The van der Waals surface area contributed by atoms with E-state index in [0.717, 1.165) is 5.69 Å². The van der Waals surface area contributed by atoms with Crippen molar-refractivity contribution in [3.8, 4) is 0 Å². The number of pyridine rings is 1. The van der Waals surface area contributed by atoms with Crippen molar-refractivity contribution in [3.05, 3.63) is 30.1 Å². The minimum atomic E-state index is -1.04. The van der Waals surface area contributed by atoms with E-state index in [0.29, 0.717) is 13.1 Å². The predicted molar refractivity (Wildman–Crippen MR) is 79.7 cm³/mol. The van der Waals surface area contributed by atoms with Gasteiger partial charge in [0.15, 0.2) is 0 Å². The number of aliphatic carboxylic acids is 1. The average molecular weight is 293 g/mol.